The molecule has 1 aliphatic rings. The summed E-state index contributed by atoms with van der Waals surface area (Å²) in [7, 11) is 1.85. The van der Waals surface area contributed by atoms with E-state index in [9.17, 15) is 14.9 Å². The number of carbonyl (C=O) groups excluding carboxylic acids is 2. The maximum Gasteiger partial charge on any atom is 0.407 e. The van der Waals surface area contributed by atoms with Gasteiger partial charge in [-0.3, -0.25) is 4.79 Å². The third-order valence-electron chi connectivity index (χ3n) is 5.11. The van der Waals surface area contributed by atoms with Crippen LogP contribution in [0.15, 0.2) is 41.4 Å². The van der Waals surface area contributed by atoms with Crippen LogP contribution in [0, 0.1) is 11.3 Å². The number of amides is 2. The highest BCUT2D eigenvalue weighted by Gasteiger charge is 2.28. The number of furan rings is 1. The number of ether oxygens (including phenoxy) is 1. The van der Waals surface area contributed by atoms with E-state index in [4.69, 9.17) is 9.15 Å². The largest absolute Gasteiger partial charge is 0.465 e. The first-order valence-corrected chi connectivity index (χ1v) is 10.8. The number of nitrogens with one attached hydrogen (secondary N) is 2. The van der Waals surface area contributed by atoms with Crippen LogP contribution in [-0.2, 0) is 36.0 Å². The van der Waals surface area contributed by atoms with Gasteiger partial charge in [0.1, 0.15) is 22.9 Å². The third kappa shape index (κ3) is 4.90. The van der Waals surface area contributed by atoms with Gasteiger partial charge in [0, 0.05) is 30.6 Å². The van der Waals surface area contributed by atoms with Crippen LogP contribution < -0.4 is 10.6 Å². The van der Waals surface area contributed by atoms with Gasteiger partial charge in [0.2, 0.25) is 5.91 Å². The molecule has 1 atom stereocenters. The molecule has 0 spiro atoms. The number of aryl methyl sites for hydroxylation is 1. The molecule has 2 amide bonds. The van der Waals surface area contributed by atoms with Crippen molar-refractivity contribution in [2.45, 2.75) is 31.9 Å². The lowest BCUT2D eigenvalue weighted by Crippen LogP contribution is -2.32. The monoisotopic (exact) mass is 451 g/mol. The second-order valence-electron chi connectivity index (χ2n) is 7.28. The van der Waals surface area contributed by atoms with E-state index in [1.165, 1.54) is 23.7 Å². The van der Waals surface area contributed by atoms with Crippen molar-refractivity contribution in [2.24, 2.45) is 7.05 Å². The predicted octanol–water partition coefficient (Wildman–Crippen LogP) is 3.38. The number of rotatable bonds is 6. The van der Waals surface area contributed by atoms with Crippen molar-refractivity contribution in [2.75, 3.05) is 5.32 Å². The van der Waals surface area contributed by atoms with Crippen LogP contribution >= 0.6 is 11.3 Å². The summed E-state index contributed by atoms with van der Waals surface area (Å²) in [5.41, 5.74) is 2.26. The van der Waals surface area contributed by atoms with E-state index >= 15 is 0 Å². The zero-order valence-electron chi connectivity index (χ0n) is 17.3. The van der Waals surface area contributed by atoms with E-state index in [0.29, 0.717) is 42.1 Å². The number of thiophene rings is 1. The molecule has 0 bridgehead atoms. The van der Waals surface area contributed by atoms with Crippen molar-refractivity contribution in [3.8, 4) is 6.07 Å². The maximum atomic E-state index is 12.3. The number of fused-ring (bicyclic) bond motifs is 1. The highest BCUT2D eigenvalue weighted by molar-refractivity contribution is 7.16. The molecule has 0 aromatic carbocycles. The highest BCUT2D eigenvalue weighted by atomic mass is 32.1. The molecule has 3 aromatic rings. The summed E-state index contributed by atoms with van der Waals surface area (Å²) >= 11 is 1.35. The predicted molar refractivity (Wildman–Crippen MR) is 118 cm³/mol. The normalized spacial score (nSPS) is 15.2. The topological polar surface area (TPSA) is 122 Å². The molecule has 10 heteroatoms. The smallest absolute Gasteiger partial charge is 0.407 e. The Morgan fingerprint density at radius 1 is 1.50 bits per heavy atom. The van der Waals surface area contributed by atoms with E-state index in [2.05, 4.69) is 21.7 Å². The molecule has 0 aliphatic heterocycles. The molecule has 164 valence electrons. The highest BCUT2D eigenvalue weighted by Crippen LogP contribution is 2.38. The average molecular weight is 452 g/mol. The Morgan fingerprint density at radius 3 is 3.09 bits per heavy atom. The molecule has 1 unspecified atom stereocenters. The minimum absolute atomic E-state index is 0.290. The fraction of sp³-hybridized carbons (Fsp3) is 0.273. The van der Waals surface area contributed by atoms with E-state index in [1.54, 1.807) is 30.7 Å². The molecule has 2 N–H and O–H groups in total. The summed E-state index contributed by atoms with van der Waals surface area (Å²) in [6.07, 6.45) is 8.73. The minimum atomic E-state index is -0.492. The molecule has 3 aromatic heterocycles. The van der Waals surface area contributed by atoms with Crippen molar-refractivity contribution in [3.05, 3.63) is 64.5 Å². The minimum Gasteiger partial charge on any atom is -0.465 e. The van der Waals surface area contributed by atoms with Crippen LogP contribution in [-0.4, -0.2) is 27.7 Å². The Bertz CT molecular complexity index is 1190. The van der Waals surface area contributed by atoms with Crippen molar-refractivity contribution in [3.63, 3.8) is 0 Å². The Morgan fingerprint density at radius 2 is 2.38 bits per heavy atom. The lowest BCUT2D eigenvalue weighted by atomic mass is 9.94. The molecule has 0 fully saturated rings. The van der Waals surface area contributed by atoms with Gasteiger partial charge in [-0.15, -0.1) is 11.3 Å². The second-order valence-corrected chi connectivity index (χ2v) is 8.38. The summed E-state index contributed by atoms with van der Waals surface area (Å²) in [6.45, 7) is 0.326. The number of imidazole rings is 1. The molecule has 4 rings (SSSR count). The molecule has 0 saturated heterocycles. The zero-order chi connectivity index (χ0) is 22.5. The molecule has 0 radical (unpaired) electrons. The van der Waals surface area contributed by atoms with E-state index in [-0.39, 0.29) is 12.0 Å². The first kappa shape index (κ1) is 21.4. The first-order chi connectivity index (χ1) is 15.5. The number of hydrogen-bond donors (Lipinski definition) is 2. The second kappa shape index (κ2) is 9.53. The standard InChI is InChI=1S/C22H21N5O4S/c1-27-13-24-11-14(27)12-25-22(29)31-16-4-6-17-18(10-23)21(32-19(17)9-16)26-20(28)7-5-15-3-2-8-30-15/h2-3,5,7-8,11,13,16H,4,6,9,12H2,1H3,(H,25,29)(H,26,28)/b7-5+. The SMILES string of the molecule is Cn1cncc1CNC(=O)OC1CCc2c(sc(NC(=O)/C=C/c3ccco3)c2C#N)C1. The summed E-state index contributed by atoms with van der Waals surface area (Å²) < 4.78 is 12.6. The molecular formula is C22H21N5O4S. The first-order valence-electron chi connectivity index (χ1n) is 10.0. The summed E-state index contributed by atoms with van der Waals surface area (Å²) in [6, 6.07) is 5.67. The number of nitriles is 1. The molecule has 3 heterocycles. The van der Waals surface area contributed by atoms with Crippen LogP contribution in [0.4, 0.5) is 9.80 Å². The molecule has 1 aliphatic carbocycles. The van der Waals surface area contributed by atoms with E-state index in [1.807, 2.05) is 11.6 Å². The van der Waals surface area contributed by atoms with Gasteiger partial charge < -0.3 is 24.4 Å². The molecule has 32 heavy (non-hydrogen) atoms. The number of anilines is 1. The van der Waals surface area contributed by atoms with Gasteiger partial charge in [-0.25, -0.2) is 9.78 Å². The van der Waals surface area contributed by atoms with Gasteiger partial charge in [-0.2, -0.15) is 5.26 Å². The Kier molecular flexibility index (Phi) is 6.37. The molecule has 0 saturated carbocycles. The van der Waals surface area contributed by atoms with Crippen LogP contribution in [0.1, 0.15) is 33.9 Å². The lowest BCUT2D eigenvalue weighted by molar-refractivity contribution is -0.111. The summed E-state index contributed by atoms with van der Waals surface area (Å²) in [4.78, 5) is 29.4. The lowest BCUT2D eigenvalue weighted by Gasteiger charge is -2.22. The molecule has 9 nitrogen and oxygen atoms in total. The fourth-order valence-corrected chi connectivity index (χ4v) is 4.74. The summed E-state index contributed by atoms with van der Waals surface area (Å²) in [5, 5.41) is 15.6. The quantitative estimate of drug-likeness (QED) is 0.554. The Labute approximate surface area is 188 Å². The van der Waals surface area contributed by atoms with E-state index < -0.39 is 6.09 Å². The van der Waals surface area contributed by atoms with Crippen LogP contribution in [0.3, 0.4) is 0 Å². The fourth-order valence-electron chi connectivity index (χ4n) is 3.47. The number of aromatic nitrogens is 2. The average Bonchev–Trinajstić information content (AvgIpc) is 3.50. The van der Waals surface area contributed by atoms with Gasteiger partial charge in [-0.1, -0.05) is 0 Å². The summed E-state index contributed by atoms with van der Waals surface area (Å²) in [5.74, 6) is 0.214. The number of alkyl carbamates (subject to hydrolysis) is 1. The number of hydrogen-bond acceptors (Lipinski definition) is 7. The van der Waals surface area contributed by atoms with Gasteiger partial charge in [0.05, 0.1) is 30.4 Å². The van der Waals surface area contributed by atoms with E-state index in [0.717, 1.165) is 16.1 Å². The Balaban J connectivity index is 1.36. The maximum absolute atomic E-state index is 12.3. The van der Waals surface area contributed by atoms with Gasteiger partial charge >= 0.3 is 6.09 Å². The van der Waals surface area contributed by atoms with Crippen molar-refractivity contribution >= 4 is 34.4 Å². The van der Waals surface area contributed by atoms with Crippen LogP contribution in [0.5, 0.6) is 0 Å². The van der Waals surface area contributed by atoms with Crippen molar-refractivity contribution in [1.29, 1.82) is 5.26 Å². The zero-order valence-corrected chi connectivity index (χ0v) is 18.1. The van der Waals surface area contributed by atoms with Crippen LogP contribution in [0.2, 0.25) is 0 Å². The van der Waals surface area contributed by atoms with Crippen molar-refractivity contribution < 1.29 is 18.7 Å². The van der Waals surface area contributed by atoms with Gasteiger partial charge in [0.25, 0.3) is 0 Å². The number of nitrogens with zero attached hydrogens (tertiary/aromatic N) is 3. The number of carbonyl (C=O) groups is 2. The molecular weight excluding hydrogens is 430 g/mol. The third-order valence-corrected chi connectivity index (χ3v) is 6.28. The van der Waals surface area contributed by atoms with Crippen molar-refractivity contribution in [1.82, 2.24) is 14.9 Å². The Hall–Kier alpha value is -3.84. The van der Waals surface area contributed by atoms with Crippen LogP contribution in [0.25, 0.3) is 6.08 Å². The van der Waals surface area contributed by atoms with Gasteiger partial charge in [0.15, 0.2) is 0 Å². The van der Waals surface area contributed by atoms with Gasteiger partial charge in [-0.05, 0) is 36.6 Å².